The summed E-state index contributed by atoms with van der Waals surface area (Å²) >= 11 is 3.28. The molecule has 94 valence electrons. The highest BCUT2D eigenvalue weighted by Crippen LogP contribution is 2.30. The van der Waals surface area contributed by atoms with Crippen LogP contribution in [0.5, 0.6) is 0 Å². The van der Waals surface area contributed by atoms with Gasteiger partial charge in [0.2, 0.25) is 0 Å². The lowest BCUT2D eigenvalue weighted by Gasteiger charge is -2.11. The maximum atomic E-state index is 12.2. The number of benzene rings is 1. The van der Waals surface area contributed by atoms with Crippen LogP contribution >= 0.6 is 15.9 Å². The molecule has 0 unspecified atom stereocenters. The summed E-state index contributed by atoms with van der Waals surface area (Å²) in [6, 6.07) is 4.95. The number of anilines is 1. The first kappa shape index (κ1) is 12.9. The molecule has 17 heavy (non-hydrogen) atoms. The summed E-state index contributed by atoms with van der Waals surface area (Å²) in [7, 11) is -3.24. The van der Waals surface area contributed by atoms with Crippen LogP contribution in [0.3, 0.4) is 0 Å². The van der Waals surface area contributed by atoms with Crippen molar-refractivity contribution in [2.75, 3.05) is 11.5 Å². The molecule has 0 aromatic heterocycles. The fourth-order valence-corrected chi connectivity index (χ4v) is 4.59. The lowest BCUT2D eigenvalue weighted by atomic mass is 10.1. The molecule has 3 nitrogen and oxygen atoms in total. The normalized spacial score (nSPS) is 17.5. The largest absolute Gasteiger partial charge is 0.398 e. The smallest absolute Gasteiger partial charge is 0.180 e. The highest BCUT2D eigenvalue weighted by atomic mass is 79.9. The number of hydrogen-bond acceptors (Lipinski definition) is 3. The molecule has 0 aliphatic heterocycles. The van der Waals surface area contributed by atoms with Crippen molar-refractivity contribution in [3.63, 3.8) is 0 Å². The predicted octanol–water partition coefficient (Wildman–Crippen LogP) is 3.00. The van der Waals surface area contributed by atoms with Crippen molar-refractivity contribution in [1.29, 1.82) is 0 Å². The molecular weight excluding hydrogens is 302 g/mol. The van der Waals surface area contributed by atoms with E-state index in [-0.39, 0.29) is 10.6 Å². The van der Waals surface area contributed by atoms with Gasteiger partial charge in [-0.2, -0.15) is 0 Å². The molecule has 0 heterocycles. The Morgan fingerprint density at radius 2 is 1.94 bits per heavy atom. The van der Waals surface area contributed by atoms with Crippen LogP contribution in [0.2, 0.25) is 0 Å². The molecule has 2 rings (SSSR count). The summed E-state index contributed by atoms with van der Waals surface area (Å²) in [4.78, 5) is 0.271. The highest BCUT2D eigenvalue weighted by Gasteiger charge is 2.25. The monoisotopic (exact) mass is 317 g/mol. The molecule has 1 aromatic carbocycles. The molecule has 0 radical (unpaired) electrons. The maximum absolute atomic E-state index is 12.2. The Bertz CT molecular complexity index is 507. The zero-order valence-electron chi connectivity index (χ0n) is 9.52. The first-order chi connectivity index (χ1) is 7.99. The molecule has 1 fully saturated rings. The van der Waals surface area contributed by atoms with E-state index in [1.165, 1.54) is 0 Å². The van der Waals surface area contributed by atoms with Crippen LogP contribution in [0.25, 0.3) is 0 Å². The average molecular weight is 318 g/mol. The van der Waals surface area contributed by atoms with Crippen molar-refractivity contribution in [1.82, 2.24) is 0 Å². The van der Waals surface area contributed by atoms with Crippen molar-refractivity contribution < 1.29 is 8.42 Å². The van der Waals surface area contributed by atoms with Crippen molar-refractivity contribution in [3.05, 3.63) is 22.7 Å². The van der Waals surface area contributed by atoms with Crippen molar-refractivity contribution >= 4 is 31.5 Å². The van der Waals surface area contributed by atoms with Gasteiger partial charge in [-0.05, 0) is 37.0 Å². The van der Waals surface area contributed by atoms with E-state index in [1.807, 2.05) is 0 Å². The molecule has 1 aliphatic carbocycles. The van der Waals surface area contributed by atoms with Gasteiger partial charge in [-0.3, -0.25) is 0 Å². The third-order valence-corrected chi connectivity index (χ3v) is 5.68. The van der Waals surface area contributed by atoms with Gasteiger partial charge in [0, 0.05) is 4.47 Å². The number of sulfone groups is 1. The third kappa shape index (κ3) is 3.01. The molecule has 0 atom stereocenters. The van der Waals surface area contributed by atoms with Crippen LogP contribution in [0.15, 0.2) is 27.6 Å². The Balaban J connectivity index is 2.24. The van der Waals surface area contributed by atoms with Gasteiger partial charge in [0.05, 0.1) is 16.3 Å². The minimum Gasteiger partial charge on any atom is -0.398 e. The van der Waals surface area contributed by atoms with Gasteiger partial charge < -0.3 is 5.73 Å². The standard InChI is InChI=1S/C12H16BrNO2S/c13-10-5-6-12(11(14)7-10)17(15,16)8-9-3-1-2-4-9/h5-7,9H,1-4,8,14H2. The van der Waals surface area contributed by atoms with Gasteiger partial charge in [0.1, 0.15) is 0 Å². The van der Waals surface area contributed by atoms with E-state index in [1.54, 1.807) is 18.2 Å². The number of hydrogen-bond donors (Lipinski definition) is 1. The number of rotatable bonds is 3. The summed E-state index contributed by atoms with van der Waals surface area (Å²) in [6.07, 6.45) is 4.34. The fraction of sp³-hybridized carbons (Fsp3) is 0.500. The number of halogens is 1. The van der Waals surface area contributed by atoms with E-state index in [4.69, 9.17) is 5.73 Å². The molecule has 5 heteroatoms. The summed E-state index contributed by atoms with van der Waals surface area (Å²) in [5.74, 6) is 0.543. The minimum atomic E-state index is -3.24. The van der Waals surface area contributed by atoms with Crippen molar-refractivity contribution in [2.45, 2.75) is 30.6 Å². The van der Waals surface area contributed by atoms with Gasteiger partial charge in [0.25, 0.3) is 0 Å². The lowest BCUT2D eigenvalue weighted by Crippen LogP contribution is -2.15. The molecule has 0 bridgehead atoms. The van der Waals surface area contributed by atoms with E-state index in [0.29, 0.717) is 11.6 Å². The number of nitrogens with two attached hydrogens (primary N) is 1. The lowest BCUT2D eigenvalue weighted by molar-refractivity contribution is 0.559. The Morgan fingerprint density at radius 3 is 2.53 bits per heavy atom. The number of nitrogen functional groups attached to an aromatic ring is 1. The van der Waals surface area contributed by atoms with Crippen LogP contribution in [0.1, 0.15) is 25.7 Å². The summed E-state index contributed by atoms with van der Waals surface area (Å²) in [6.45, 7) is 0. The predicted molar refractivity (Wildman–Crippen MR) is 72.6 cm³/mol. The first-order valence-corrected chi connectivity index (χ1v) is 8.21. The maximum Gasteiger partial charge on any atom is 0.180 e. The van der Waals surface area contributed by atoms with Crippen LogP contribution in [0, 0.1) is 5.92 Å². The summed E-state index contributed by atoms with van der Waals surface area (Å²) in [5, 5.41) is 0. The van der Waals surface area contributed by atoms with Crippen LogP contribution in [-0.4, -0.2) is 14.2 Å². The first-order valence-electron chi connectivity index (χ1n) is 5.77. The second-order valence-electron chi connectivity index (χ2n) is 4.61. The summed E-state index contributed by atoms with van der Waals surface area (Å²) < 4.78 is 25.3. The Hall–Kier alpha value is -0.550. The third-order valence-electron chi connectivity index (χ3n) is 3.24. The minimum absolute atomic E-state index is 0.235. The molecule has 0 amide bonds. The molecular formula is C12H16BrNO2S. The molecule has 0 spiro atoms. The SMILES string of the molecule is Nc1cc(Br)ccc1S(=O)(=O)CC1CCCC1. The van der Waals surface area contributed by atoms with Gasteiger partial charge in [0.15, 0.2) is 9.84 Å². The van der Waals surface area contributed by atoms with Gasteiger partial charge >= 0.3 is 0 Å². The molecule has 1 aromatic rings. The zero-order chi connectivity index (χ0) is 12.5. The van der Waals surface area contributed by atoms with E-state index in [9.17, 15) is 8.42 Å². The highest BCUT2D eigenvalue weighted by molar-refractivity contribution is 9.10. The van der Waals surface area contributed by atoms with Crippen molar-refractivity contribution in [2.24, 2.45) is 5.92 Å². The van der Waals surface area contributed by atoms with Gasteiger partial charge in [-0.1, -0.05) is 28.8 Å². The Morgan fingerprint density at radius 1 is 1.29 bits per heavy atom. The van der Waals surface area contributed by atoms with Crippen LogP contribution in [0.4, 0.5) is 5.69 Å². The average Bonchev–Trinajstić information content (AvgIpc) is 2.68. The fourth-order valence-electron chi connectivity index (χ4n) is 2.38. The Kier molecular flexibility index (Phi) is 3.78. The quantitative estimate of drug-likeness (QED) is 0.872. The topological polar surface area (TPSA) is 60.2 Å². The molecule has 0 saturated heterocycles. The second-order valence-corrected chi connectivity index (χ2v) is 7.53. The molecule has 1 saturated carbocycles. The van der Waals surface area contributed by atoms with Crippen molar-refractivity contribution in [3.8, 4) is 0 Å². The molecule has 1 aliphatic rings. The zero-order valence-corrected chi connectivity index (χ0v) is 11.9. The second kappa shape index (κ2) is 4.98. The van der Waals surface area contributed by atoms with E-state index < -0.39 is 9.84 Å². The van der Waals surface area contributed by atoms with E-state index >= 15 is 0 Å². The Labute approximate surface area is 110 Å². The van der Waals surface area contributed by atoms with Gasteiger partial charge in [-0.15, -0.1) is 0 Å². The van der Waals surface area contributed by atoms with E-state index in [2.05, 4.69) is 15.9 Å². The van der Waals surface area contributed by atoms with Crippen LogP contribution < -0.4 is 5.73 Å². The summed E-state index contributed by atoms with van der Waals surface area (Å²) in [5.41, 5.74) is 6.10. The van der Waals surface area contributed by atoms with Crippen LogP contribution in [-0.2, 0) is 9.84 Å². The van der Waals surface area contributed by atoms with Gasteiger partial charge in [-0.25, -0.2) is 8.42 Å². The van der Waals surface area contributed by atoms with E-state index in [0.717, 1.165) is 30.2 Å². The molecule has 2 N–H and O–H groups in total.